The summed E-state index contributed by atoms with van der Waals surface area (Å²) in [6.45, 7) is 4.59. The van der Waals surface area contributed by atoms with E-state index in [9.17, 15) is 4.79 Å². The maximum absolute atomic E-state index is 11.3. The number of amides is 1. The number of nitrogens with two attached hydrogens (primary N) is 1. The van der Waals surface area contributed by atoms with Crippen LogP contribution in [0.15, 0.2) is 4.52 Å². The third-order valence-electron chi connectivity index (χ3n) is 2.85. The number of nitrogens with one attached hydrogen (secondary N) is 1. The first-order valence-electron chi connectivity index (χ1n) is 5.76. The van der Waals surface area contributed by atoms with E-state index in [1.165, 1.54) is 0 Å². The number of carbonyl (C=O) groups excluding carboxylic acids is 1. The molecule has 1 aliphatic heterocycles. The number of carbonyl (C=O) groups is 1. The van der Waals surface area contributed by atoms with Gasteiger partial charge in [-0.2, -0.15) is 4.98 Å². The first kappa shape index (κ1) is 12.0. The summed E-state index contributed by atoms with van der Waals surface area (Å²) in [4.78, 5) is 17.5. The first-order chi connectivity index (χ1) is 8.20. The van der Waals surface area contributed by atoms with Crippen molar-refractivity contribution in [2.75, 3.05) is 19.6 Å². The Kier molecular flexibility index (Phi) is 3.70. The van der Waals surface area contributed by atoms with Crippen LogP contribution in [0.4, 0.5) is 0 Å². The average molecular weight is 239 g/mol. The Morgan fingerprint density at radius 3 is 3.18 bits per heavy atom. The molecule has 0 spiro atoms. The number of aryl methyl sites for hydroxylation is 1. The van der Waals surface area contributed by atoms with Gasteiger partial charge in [-0.1, -0.05) is 12.1 Å². The van der Waals surface area contributed by atoms with E-state index in [1.807, 2.05) is 11.8 Å². The molecule has 2 heterocycles. The number of aromatic nitrogens is 2. The molecule has 1 aliphatic rings. The molecule has 94 valence electrons. The van der Waals surface area contributed by atoms with Crippen LogP contribution in [-0.4, -0.2) is 46.6 Å². The van der Waals surface area contributed by atoms with Gasteiger partial charge in [-0.3, -0.25) is 9.69 Å². The Bertz CT molecular complexity index is 392. The molecule has 0 saturated carbocycles. The second-order valence-electron chi connectivity index (χ2n) is 4.05. The van der Waals surface area contributed by atoms with E-state index in [1.54, 1.807) is 0 Å². The number of piperazine rings is 1. The fraction of sp³-hybridized carbons (Fsp3) is 0.700. The summed E-state index contributed by atoms with van der Waals surface area (Å²) in [6.07, 6.45) is 0.740. The number of hydrogen-bond acceptors (Lipinski definition) is 6. The van der Waals surface area contributed by atoms with Gasteiger partial charge >= 0.3 is 0 Å². The summed E-state index contributed by atoms with van der Waals surface area (Å²) in [7, 11) is 0. The van der Waals surface area contributed by atoms with Crippen molar-refractivity contribution in [1.82, 2.24) is 20.4 Å². The quantitative estimate of drug-likeness (QED) is 0.691. The molecule has 7 heteroatoms. The third-order valence-corrected chi connectivity index (χ3v) is 2.85. The zero-order valence-corrected chi connectivity index (χ0v) is 9.85. The molecule has 7 nitrogen and oxygen atoms in total. The SMILES string of the molecule is CCc1noc(CN2CCNCC2C(N)=O)n1. The maximum atomic E-state index is 11.3. The van der Waals surface area contributed by atoms with Crippen LogP contribution in [0.25, 0.3) is 0 Å². The largest absolute Gasteiger partial charge is 0.368 e. The highest BCUT2D eigenvalue weighted by molar-refractivity contribution is 5.80. The van der Waals surface area contributed by atoms with Gasteiger partial charge < -0.3 is 15.6 Å². The van der Waals surface area contributed by atoms with Crippen LogP contribution in [0.1, 0.15) is 18.6 Å². The minimum atomic E-state index is -0.326. The van der Waals surface area contributed by atoms with Crippen molar-refractivity contribution in [1.29, 1.82) is 0 Å². The van der Waals surface area contributed by atoms with Gasteiger partial charge in [0.25, 0.3) is 0 Å². The average Bonchev–Trinajstić information content (AvgIpc) is 2.77. The van der Waals surface area contributed by atoms with Gasteiger partial charge in [0.05, 0.1) is 6.54 Å². The molecule has 3 N–H and O–H groups in total. The standard InChI is InChI=1S/C10H17N5O2/c1-2-8-13-9(17-14-8)6-15-4-3-12-5-7(15)10(11)16/h7,12H,2-6H2,1H3,(H2,11,16). The molecule has 1 atom stereocenters. The molecule has 1 aromatic rings. The van der Waals surface area contributed by atoms with Gasteiger partial charge in [0.2, 0.25) is 11.8 Å². The Morgan fingerprint density at radius 1 is 1.71 bits per heavy atom. The minimum absolute atomic E-state index is 0.305. The van der Waals surface area contributed by atoms with Crippen molar-refractivity contribution in [2.45, 2.75) is 25.9 Å². The Labute approximate surface area is 99.3 Å². The zero-order valence-electron chi connectivity index (χ0n) is 9.85. The molecule has 0 aliphatic carbocycles. The molecule has 0 radical (unpaired) electrons. The molecular formula is C10H17N5O2. The van der Waals surface area contributed by atoms with Crippen LogP contribution in [0.3, 0.4) is 0 Å². The summed E-state index contributed by atoms with van der Waals surface area (Å²) in [5.74, 6) is 0.896. The molecule has 17 heavy (non-hydrogen) atoms. The van der Waals surface area contributed by atoms with E-state index in [-0.39, 0.29) is 11.9 Å². The van der Waals surface area contributed by atoms with E-state index >= 15 is 0 Å². The smallest absolute Gasteiger partial charge is 0.240 e. The summed E-state index contributed by atoms with van der Waals surface area (Å²) >= 11 is 0. The number of nitrogens with zero attached hydrogens (tertiary/aromatic N) is 3. The van der Waals surface area contributed by atoms with Crippen molar-refractivity contribution in [3.05, 3.63) is 11.7 Å². The van der Waals surface area contributed by atoms with E-state index in [0.717, 1.165) is 19.5 Å². The monoisotopic (exact) mass is 239 g/mol. The van der Waals surface area contributed by atoms with Crippen molar-refractivity contribution >= 4 is 5.91 Å². The van der Waals surface area contributed by atoms with Gasteiger partial charge in [0.15, 0.2) is 5.82 Å². The second-order valence-corrected chi connectivity index (χ2v) is 4.05. The highest BCUT2D eigenvalue weighted by Crippen LogP contribution is 2.09. The molecule has 1 aromatic heterocycles. The van der Waals surface area contributed by atoms with Crippen molar-refractivity contribution in [3.63, 3.8) is 0 Å². The molecule has 2 rings (SSSR count). The lowest BCUT2D eigenvalue weighted by Crippen LogP contribution is -2.56. The van der Waals surface area contributed by atoms with E-state index < -0.39 is 0 Å². The molecule has 1 amide bonds. The van der Waals surface area contributed by atoms with Gasteiger partial charge in [-0.25, -0.2) is 0 Å². The minimum Gasteiger partial charge on any atom is -0.368 e. The zero-order chi connectivity index (χ0) is 12.3. The normalized spacial score (nSPS) is 21.6. The highest BCUT2D eigenvalue weighted by Gasteiger charge is 2.28. The van der Waals surface area contributed by atoms with E-state index in [4.69, 9.17) is 10.3 Å². The fourth-order valence-corrected chi connectivity index (χ4v) is 1.89. The summed E-state index contributed by atoms with van der Waals surface area (Å²) < 4.78 is 5.11. The predicted octanol–water partition coefficient (Wildman–Crippen LogP) is -1.11. The maximum Gasteiger partial charge on any atom is 0.240 e. The lowest BCUT2D eigenvalue weighted by atomic mass is 10.2. The predicted molar refractivity (Wildman–Crippen MR) is 59.9 cm³/mol. The Hall–Kier alpha value is -1.47. The highest BCUT2D eigenvalue weighted by atomic mass is 16.5. The molecule has 0 bridgehead atoms. The van der Waals surface area contributed by atoms with Crippen LogP contribution < -0.4 is 11.1 Å². The van der Waals surface area contributed by atoms with Gasteiger partial charge in [0, 0.05) is 26.1 Å². The van der Waals surface area contributed by atoms with E-state index in [2.05, 4.69) is 15.5 Å². The molecule has 1 saturated heterocycles. The summed E-state index contributed by atoms with van der Waals surface area (Å²) in [5.41, 5.74) is 5.36. The second kappa shape index (κ2) is 5.24. The lowest BCUT2D eigenvalue weighted by molar-refractivity contribution is -0.124. The number of rotatable bonds is 4. The topological polar surface area (TPSA) is 97.3 Å². The number of hydrogen-bond donors (Lipinski definition) is 2. The molecular weight excluding hydrogens is 222 g/mol. The third kappa shape index (κ3) is 2.80. The van der Waals surface area contributed by atoms with Crippen LogP contribution in [0.2, 0.25) is 0 Å². The van der Waals surface area contributed by atoms with Gasteiger partial charge in [-0.05, 0) is 0 Å². The van der Waals surface area contributed by atoms with Gasteiger partial charge in [0.1, 0.15) is 6.04 Å². The summed E-state index contributed by atoms with van der Waals surface area (Å²) in [6, 6.07) is -0.305. The van der Waals surface area contributed by atoms with Crippen molar-refractivity contribution in [2.24, 2.45) is 5.73 Å². The first-order valence-corrected chi connectivity index (χ1v) is 5.76. The van der Waals surface area contributed by atoms with Gasteiger partial charge in [-0.15, -0.1) is 0 Å². The number of primary amides is 1. The van der Waals surface area contributed by atoms with Crippen LogP contribution >= 0.6 is 0 Å². The van der Waals surface area contributed by atoms with Crippen LogP contribution in [-0.2, 0) is 17.8 Å². The summed E-state index contributed by atoms with van der Waals surface area (Å²) in [5, 5.41) is 6.96. The fourth-order valence-electron chi connectivity index (χ4n) is 1.89. The van der Waals surface area contributed by atoms with Crippen LogP contribution in [0, 0.1) is 0 Å². The van der Waals surface area contributed by atoms with Crippen LogP contribution in [0.5, 0.6) is 0 Å². The Morgan fingerprint density at radius 2 is 2.53 bits per heavy atom. The van der Waals surface area contributed by atoms with Crippen molar-refractivity contribution in [3.8, 4) is 0 Å². The van der Waals surface area contributed by atoms with E-state index in [0.29, 0.717) is 24.8 Å². The lowest BCUT2D eigenvalue weighted by Gasteiger charge is -2.32. The Balaban J connectivity index is 2.02. The molecule has 1 fully saturated rings. The molecule has 0 aromatic carbocycles. The van der Waals surface area contributed by atoms with Crippen molar-refractivity contribution < 1.29 is 9.32 Å². The molecule has 1 unspecified atom stereocenters.